The molecule has 0 aromatic heterocycles. The summed E-state index contributed by atoms with van der Waals surface area (Å²) in [7, 11) is 0. The summed E-state index contributed by atoms with van der Waals surface area (Å²) in [5, 5.41) is 2.81. The molecule has 1 aliphatic carbocycles. The second-order valence-electron chi connectivity index (χ2n) is 5.11. The monoisotopic (exact) mass is 307 g/mol. The number of rotatable bonds is 5. The lowest BCUT2D eigenvalue weighted by Crippen LogP contribution is -2.54. The molecule has 0 aromatic carbocycles. The van der Waals surface area contributed by atoms with Crippen molar-refractivity contribution in [2.75, 3.05) is 13.1 Å². The minimum Gasteiger partial charge on any atom is -0.353 e. The van der Waals surface area contributed by atoms with Crippen molar-refractivity contribution in [1.82, 2.24) is 5.32 Å². The molecule has 1 aliphatic rings. The third kappa shape index (κ3) is 4.80. The molecule has 120 valence electrons. The van der Waals surface area contributed by atoms with Crippen LogP contribution in [0.25, 0.3) is 0 Å². The molecule has 1 N–H and O–H groups in total. The lowest BCUT2D eigenvalue weighted by atomic mass is 9.84. The van der Waals surface area contributed by atoms with Gasteiger partial charge in [0, 0.05) is 6.54 Å². The van der Waals surface area contributed by atoms with Gasteiger partial charge in [-0.1, -0.05) is 26.2 Å². The first-order valence-electron chi connectivity index (χ1n) is 6.63. The summed E-state index contributed by atoms with van der Waals surface area (Å²) in [6, 6.07) is 0. The molecule has 0 heterocycles. The smallest absolute Gasteiger partial charge is 0.353 e. The third-order valence-electron chi connectivity index (χ3n) is 3.42. The maximum absolute atomic E-state index is 12.6. The molecule has 20 heavy (non-hydrogen) atoms. The molecule has 0 unspecified atom stereocenters. The summed E-state index contributed by atoms with van der Waals surface area (Å²) in [6.07, 6.45) is -12.2. The van der Waals surface area contributed by atoms with Crippen LogP contribution < -0.4 is 5.32 Å². The SMILES string of the molecule is CCNCC1(OC(C(F)(F)F)C(F)(F)F)CCCCC1. The quantitative estimate of drug-likeness (QED) is 0.780. The zero-order valence-corrected chi connectivity index (χ0v) is 11.2. The molecule has 1 rings (SSSR count). The van der Waals surface area contributed by atoms with Crippen molar-refractivity contribution < 1.29 is 31.1 Å². The lowest BCUT2D eigenvalue weighted by Gasteiger charge is -2.41. The normalized spacial score (nSPS) is 20.4. The zero-order valence-electron chi connectivity index (χ0n) is 11.2. The highest BCUT2D eigenvalue weighted by molar-refractivity contribution is 4.90. The molecule has 1 saturated carbocycles. The van der Waals surface area contributed by atoms with Gasteiger partial charge in [-0.25, -0.2) is 0 Å². The number of hydrogen-bond donors (Lipinski definition) is 1. The number of ether oxygens (including phenoxy) is 1. The summed E-state index contributed by atoms with van der Waals surface area (Å²) in [5.74, 6) is 0. The first-order valence-corrected chi connectivity index (χ1v) is 6.63. The molecule has 0 amide bonds. The van der Waals surface area contributed by atoms with E-state index in [0.717, 1.165) is 6.42 Å². The van der Waals surface area contributed by atoms with E-state index in [0.29, 0.717) is 19.4 Å². The number of hydrogen-bond acceptors (Lipinski definition) is 2. The van der Waals surface area contributed by atoms with Gasteiger partial charge in [-0.3, -0.25) is 0 Å². The van der Waals surface area contributed by atoms with Gasteiger partial charge >= 0.3 is 12.4 Å². The Bertz CT molecular complexity index is 281. The van der Waals surface area contributed by atoms with Crippen molar-refractivity contribution in [3.8, 4) is 0 Å². The van der Waals surface area contributed by atoms with Crippen molar-refractivity contribution in [3.63, 3.8) is 0 Å². The summed E-state index contributed by atoms with van der Waals surface area (Å²) in [5.41, 5.74) is -1.38. The predicted molar refractivity (Wildman–Crippen MR) is 61.3 cm³/mol. The van der Waals surface area contributed by atoms with Gasteiger partial charge in [0.25, 0.3) is 0 Å². The van der Waals surface area contributed by atoms with Crippen LogP contribution in [-0.4, -0.2) is 37.1 Å². The van der Waals surface area contributed by atoms with Gasteiger partial charge in [-0.15, -0.1) is 0 Å². The van der Waals surface area contributed by atoms with Crippen molar-refractivity contribution in [1.29, 1.82) is 0 Å². The summed E-state index contributed by atoms with van der Waals surface area (Å²) in [4.78, 5) is 0. The number of nitrogens with one attached hydrogen (secondary N) is 1. The van der Waals surface area contributed by atoms with E-state index < -0.39 is 24.1 Å². The molecule has 0 saturated heterocycles. The van der Waals surface area contributed by atoms with Gasteiger partial charge in [0.05, 0.1) is 5.60 Å². The van der Waals surface area contributed by atoms with Crippen LogP contribution in [0.5, 0.6) is 0 Å². The van der Waals surface area contributed by atoms with Crippen LogP contribution in [0.15, 0.2) is 0 Å². The van der Waals surface area contributed by atoms with Gasteiger partial charge in [0.15, 0.2) is 0 Å². The van der Waals surface area contributed by atoms with Crippen LogP contribution in [-0.2, 0) is 4.74 Å². The highest BCUT2D eigenvalue weighted by Crippen LogP contribution is 2.41. The van der Waals surface area contributed by atoms with Crippen LogP contribution in [0.1, 0.15) is 39.0 Å². The van der Waals surface area contributed by atoms with Gasteiger partial charge < -0.3 is 10.1 Å². The minimum atomic E-state index is -5.45. The largest absolute Gasteiger partial charge is 0.423 e. The second-order valence-corrected chi connectivity index (χ2v) is 5.11. The summed E-state index contributed by atoms with van der Waals surface area (Å²) in [6.45, 7) is 2.21. The first kappa shape index (κ1) is 17.6. The van der Waals surface area contributed by atoms with Crippen molar-refractivity contribution in [2.45, 2.75) is 63.1 Å². The van der Waals surface area contributed by atoms with Crippen LogP contribution in [0.2, 0.25) is 0 Å². The molecule has 8 heteroatoms. The van der Waals surface area contributed by atoms with Gasteiger partial charge in [0.1, 0.15) is 0 Å². The maximum Gasteiger partial charge on any atom is 0.423 e. The van der Waals surface area contributed by atoms with Crippen LogP contribution in [0.4, 0.5) is 26.3 Å². The summed E-state index contributed by atoms with van der Waals surface area (Å²) < 4.78 is 80.2. The molecule has 0 bridgehead atoms. The van der Waals surface area contributed by atoms with E-state index in [2.05, 4.69) is 10.1 Å². The Morgan fingerprint density at radius 3 is 1.90 bits per heavy atom. The maximum atomic E-state index is 12.6. The highest BCUT2D eigenvalue weighted by Gasteiger charge is 2.60. The topological polar surface area (TPSA) is 21.3 Å². The second kappa shape index (κ2) is 6.51. The fourth-order valence-electron chi connectivity index (χ4n) is 2.45. The molecule has 0 aliphatic heterocycles. The molecule has 0 radical (unpaired) electrons. The van der Waals surface area contributed by atoms with E-state index in [1.54, 1.807) is 6.92 Å². The van der Waals surface area contributed by atoms with Gasteiger partial charge in [-0.2, -0.15) is 26.3 Å². The van der Waals surface area contributed by atoms with Crippen LogP contribution in [0, 0.1) is 0 Å². The molecule has 2 nitrogen and oxygen atoms in total. The van der Waals surface area contributed by atoms with E-state index in [9.17, 15) is 26.3 Å². The van der Waals surface area contributed by atoms with E-state index in [-0.39, 0.29) is 19.4 Å². The average molecular weight is 307 g/mol. The lowest BCUT2D eigenvalue weighted by molar-refractivity contribution is -0.346. The molecule has 0 spiro atoms. The van der Waals surface area contributed by atoms with Crippen molar-refractivity contribution >= 4 is 0 Å². The Morgan fingerprint density at radius 2 is 1.50 bits per heavy atom. The summed E-state index contributed by atoms with van der Waals surface area (Å²) >= 11 is 0. The van der Waals surface area contributed by atoms with E-state index in [1.807, 2.05) is 0 Å². The highest BCUT2D eigenvalue weighted by atomic mass is 19.4. The Hall–Kier alpha value is -0.500. The van der Waals surface area contributed by atoms with Gasteiger partial charge in [-0.05, 0) is 19.4 Å². The molecule has 0 aromatic rings. The Kier molecular flexibility index (Phi) is 5.71. The van der Waals surface area contributed by atoms with Gasteiger partial charge in [0.2, 0.25) is 6.10 Å². The zero-order chi connectivity index (χ0) is 15.4. The Labute approximate surface area is 113 Å². The molecule has 0 atom stereocenters. The third-order valence-corrected chi connectivity index (χ3v) is 3.42. The predicted octanol–water partition coefficient (Wildman–Crippen LogP) is 3.81. The fourth-order valence-corrected chi connectivity index (χ4v) is 2.45. The van der Waals surface area contributed by atoms with Crippen molar-refractivity contribution in [3.05, 3.63) is 0 Å². The van der Waals surface area contributed by atoms with E-state index in [1.165, 1.54) is 0 Å². The van der Waals surface area contributed by atoms with Crippen LogP contribution in [0.3, 0.4) is 0 Å². The Balaban J connectivity index is 2.90. The standard InChI is InChI=1S/C12H19F6NO/c1-2-19-8-10(6-4-3-5-7-10)20-9(11(13,14)15)12(16,17)18/h9,19H,2-8H2,1H3. The van der Waals surface area contributed by atoms with Crippen LogP contribution >= 0.6 is 0 Å². The number of alkyl halides is 6. The minimum absolute atomic E-state index is 0.00611. The van der Waals surface area contributed by atoms with E-state index >= 15 is 0 Å². The molecule has 1 fully saturated rings. The number of likely N-dealkylation sites (N-methyl/N-ethyl adjacent to an activating group) is 1. The number of halogens is 6. The average Bonchev–Trinajstić information content (AvgIpc) is 2.32. The first-order chi connectivity index (χ1) is 9.11. The fraction of sp³-hybridized carbons (Fsp3) is 1.00. The molecular weight excluding hydrogens is 288 g/mol. The van der Waals surface area contributed by atoms with E-state index in [4.69, 9.17) is 0 Å². The Morgan fingerprint density at radius 1 is 1.00 bits per heavy atom. The molecular formula is C12H19F6NO. The van der Waals surface area contributed by atoms with Crippen molar-refractivity contribution in [2.24, 2.45) is 0 Å².